The smallest absolute Gasteiger partial charge is 0.147 e. The molecule has 0 saturated carbocycles. The van der Waals surface area contributed by atoms with E-state index < -0.39 is 6.10 Å². The van der Waals surface area contributed by atoms with E-state index in [1.165, 1.54) is 0 Å². The van der Waals surface area contributed by atoms with Gasteiger partial charge in [-0.1, -0.05) is 0 Å². The van der Waals surface area contributed by atoms with Crippen molar-refractivity contribution in [2.45, 2.75) is 57.4 Å². The zero-order chi connectivity index (χ0) is 15.4. The molecule has 3 atom stereocenters. The molecule has 3 rings (SSSR count). The van der Waals surface area contributed by atoms with E-state index in [0.29, 0.717) is 25.8 Å². The molecule has 0 spiro atoms. The van der Waals surface area contributed by atoms with Crippen molar-refractivity contribution in [2.75, 3.05) is 26.4 Å². The molecule has 22 heavy (non-hydrogen) atoms. The van der Waals surface area contributed by atoms with Crippen molar-refractivity contribution in [3.05, 3.63) is 11.6 Å². The van der Waals surface area contributed by atoms with Gasteiger partial charge in [0.05, 0.1) is 32.0 Å². The van der Waals surface area contributed by atoms with Crippen molar-refractivity contribution in [3.8, 4) is 0 Å². The Bertz CT molecular complexity index is 473. The minimum absolute atomic E-state index is 0.215. The maximum Gasteiger partial charge on any atom is 0.147 e. The molecular weight excluding hydrogens is 284 g/mol. The van der Waals surface area contributed by atoms with Crippen LogP contribution in [0.2, 0.25) is 0 Å². The fraction of sp³-hybridized carbons (Fsp3) is 0.867. The number of nitrogens with one attached hydrogen (secondary N) is 1. The summed E-state index contributed by atoms with van der Waals surface area (Å²) in [5.41, 5.74) is 0. The van der Waals surface area contributed by atoms with Crippen LogP contribution in [0, 0.1) is 6.92 Å². The van der Waals surface area contributed by atoms with Gasteiger partial charge in [-0.15, -0.1) is 0 Å². The highest BCUT2D eigenvalue weighted by Crippen LogP contribution is 2.13. The van der Waals surface area contributed by atoms with Gasteiger partial charge in [0, 0.05) is 25.6 Å². The first-order valence-corrected chi connectivity index (χ1v) is 8.22. The Labute approximate surface area is 131 Å². The van der Waals surface area contributed by atoms with Gasteiger partial charge in [-0.05, 0) is 26.2 Å². The molecule has 2 aliphatic rings. The Morgan fingerprint density at radius 3 is 3.23 bits per heavy atom. The van der Waals surface area contributed by atoms with Crippen molar-refractivity contribution in [1.82, 2.24) is 20.1 Å². The lowest BCUT2D eigenvalue weighted by Gasteiger charge is -2.25. The minimum atomic E-state index is -0.486. The SMILES string of the molecule is Cc1nc2n(n1)C[C@H](NC[C@H](O)COC[C@@H]1CCCO1)CC2. The summed E-state index contributed by atoms with van der Waals surface area (Å²) in [5.74, 6) is 1.90. The lowest BCUT2D eigenvalue weighted by Crippen LogP contribution is -2.42. The molecule has 2 aliphatic heterocycles. The van der Waals surface area contributed by atoms with E-state index in [4.69, 9.17) is 9.47 Å². The highest BCUT2D eigenvalue weighted by atomic mass is 16.5. The van der Waals surface area contributed by atoms with E-state index in [1.807, 2.05) is 11.6 Å². The molecule has 0 bridgehead atoms. The van der Waals surface area contributed by atoms with Gasteiger partial charge in [0.15, 0.2) is 0 Å². The lowest BCUT2D eigenvalue weighted by atomic mass is 10.1. The molecule has 7 nitrogen and oxygen atoms in total. The van der Waals surface area contributed by atoms with Gasteiger partial charge in [-0.25, -0.2) is 9.67 Å². The molecule has 0 unspecified atom stereocenters. The highest BCUT2D eigenvalue weighted by molar-refractivity contribution is 4.96. The summed E-state index contributed by atoms with van der Waals surface area (Å²) in [4.78, 5) is 4.40. The third-order valence-corrected chi connectivity index (χ3v) is 4.24. The van der Waals surface area contributed by atoms with Gasteiger partial charge in [0.25, 0.3) is 0 Å². The zero-order valence-electron chi connectivity index (χ0n) is 13.2. The Kier molecular flexibility index (Phi) is 5.41. The molecule has 2 N–H and O–H groups in total. The number of aryl methyl sites for hydroxylation is 2. The predicted octanol–water partition coefficient (Wildman–Crippen LogP) is 0.0474. The normalized spacial score (nSPS) is 26.1. The van der Waals surface area contributed by atoms with Crippen molar-refractivity contribution >= 4 is 0 Å². The summed E-state index contributed by atoms with van der Waals surface area (Å²) < 4.78 is 13.0. The molecule has 0 aliphatic carbocycles. The molecular formula is C15H26N4O3. The van der Waals surface area contributed by atoms with Crippen molar-refractivity contribution in [2.24, 2.45) is 0 Å². The molecule has 0 aromatic carbocycles. The van der Waals surface area contributed by atoms with Gasteiger partial charge in [0.2, 0.25) is 0 Å². The summed E-state index contributed by atoms with van der Waals surface area (Å²) in [7, 11) is 0. The van der Waals surface area contributed by atoms with E-state index in [1.54, 1.807) is 0 Å². The number of aromatic nitrogens is 3. The van der Waals surface area contributed by atoms with Crippen LogP contribution in [-0.4, -0.2) is 64.5 Å². The second kappa shape index (κ2) is 7.50. The third-order valence-electron chi connectivity index (χ3n) is 4.24. The minimum Gasteiger partial charge on any atom is -0.389 e. The summed E-state index contributed by atoms with van der Waals surface area (Å²) in [6.45, 7) is 5.06. The molecule has 1 saturated heterocycles. The van der Waals surface area contributed by atoms with Crippen LogP contribution < -0.4 is 5.32 Å². The average molecular weight is 310 g/mol. The first kappa shape index (κ1) is 15.9. The van der Waals surface area contributed by atoms with E-state index >= 15 is 0 Å². The standard InChI is InChI=1S/C15H26N4O3/c1-11-17-15-5-4-12(8-19(15)18-11)16-7-13(20)9-21-10-14-3-2-6-22-14/h12-14,16,20H,2-10H2,1H3/t12-,13+,14+/m1/s1. The van der Waals surface area contributed by atoms with Crippen molar-refractivity contribution in [3.63, 3.8) is 0 Å². The van der Waals surface area contributed by atoms with Gasteiger partial charge in [0.1, 0.15) is 11.6 Å². The summed E-state index contributed by atoms with van der Waals surface area (Å²) >= 11 is 0. The number of aliphatic hydroxyl groups is 1. The average Bonchev–Trinajstić information content (AvgIpc) is 3.12. The number of ether oxygens (including phenoxy) is 2. The molecule has 7 heteroatoms. The monoisotopic (exact) mass is 310 g/mol. The van der Waals surface area contributed by atoms with Gasteiger partial charge in [-0.3, -0.25) is 0 Å². The zero-order valence-corrected chi connectivity index (χ0v) is 13.2. The topological polar surface area (TPSA) is 81.4 Å². The van der Waals surface area contributed by atoms with Crippen molar-refractivity contribution < 1.29 is 14.6 Å². The van der Waals surface area contributed by atoms with Crippen LogP contribution in [-0.2, 0) is 22.4 Å². The Morgan fingerprint density at radius 2 is 2.41 bits per heavy atom. The second-order valence-corrected chi connectivity index (χ2v) is 6.23. The van der Waals surface area contributed by atoms with Crippen LogP contribution in [0.5, 0.6) is 0 Å². The second-order valence-electron chi connectivity index (χ2n) is 6.23. The maximum absolute atomic E-state index is 9.99. The first-order valence-electron chi connectivity index (χ1n) is 8.22. The van der Waals surface area contributed by atoms with Crippen LogP contribution >= 0.6 is 0 Å². The van der Waals surface area contributed by atoms with Crippen LogP contribution in [0.3, 0.4) is 0 Å². The molecule has 1 fully saturated rings. The predicted molar refractivity (Wildman–Crippen MR) is 80.7 cm³/mol. The van der Waals surface area contributed by atoms with Crippen molar-refractivity contribution in [1.29, 1.82) is 0 Å². The van der Waals surface area contributed by atoms with Crippen LogP contribution in [0.25, 0.3) is 0 Å². The Balaban J connectivity index is 1.32. The van der Waals surface area contributed by atoms with E-state index in [9.17, 15) is 5.11 Å². The number of rotatable bonds is 7. The lowest BCUT2D eigenvalue weighted by molar-refractivity contribution is -0.0171. The molecule has 0 amide bonds. The Morgan fingerprint density at radius 1 is 1.50 bits per heavy atom. The number of aliphatic hydroxyl groups excluding tert-OH is 1. The maximum atomic E-state index is 9.99. The molecule has 1 aromatic heterocycles. The number of nitrogens with zero attached hydrogens (tertiary/aromatic N) is 3. The summed E-state index contributed by atoms with van der Waals surface area (Å²) in [6.07, 6.45) is 3.87. The number of fused-ring (bicyclic) bond motifs is 1. The molecule has 3 heterocycles. The van der Waals surface area contributed by atoms with Crippen LogP contribution in [0.4, 0.5) is 0 Å². The molecule has 0 radical (unpaired) electrons. The fourth-order valence-corrected chi connectivity index (χ4v) is 3.07. The largest absolute Gasteiger partial charge is 0.389 e. The van der Waals surface area contributed by atoms with E-state index in [0.717, 1.165) is 50.5 Å². The summed E-state index contributed by atoms with van der Waals surface area (Å²) in [5, 5.41) is 17.8. The number of hydrogen-bond acceptors (Lipinski definition) is 6. The summed E-state index contributed by atoms with van der Waals surface area (Å²) in [6, 6.07) is 0.335. The highest BCUT2D eigenvalue weighted by Gasteiger charge is 2.21. The molecule has 1 aromatic rings. The van der Waals surface area contributed by atoms with Gasteiger partial charge < -0.3 is 19.9 Å². The van der Waals surface area contributed by atoms with E-state index in [-0.39, 0.29) is 6.10 Å². The Hall–Kier alpha value is -1.02. The van der Waals surface area contributed by atoms with Crippen LogP contribution in [0.1, 0.15) is 30.9 Å². The fourth-order valence-electron chi connectivity index (χ4n) is 3.07. The quantitative estimate of drug-likeness (QED) is 0.740. The molecule has 124 valence electrons. The van der Waals surface area contributed by atoms with Crippen LogP contribution in [0.15, 0.2) is 0 Å². The van der Waals surface area contributed by atoms with Gasteiger partial charge in [-0.2, -0.15) is 5.10 Å². The van der Waals surface area contributed by atoms with Gasteiger partial charge >= 0.3 is 0 Å². The third kappa shape index (κ3) is 4.25. The van der Waals surface area contributed by atoms with E-state index in [2.05, 4.69) is 15.4 Å². The number of hydrogen-bond donors (Lipinski definition) is 2. The first-order chi connectivity index (χ1) is 10.7.